The fourth-order valence-corrected chi connectivity index (χ4v) is 5.17. The molecule has 1 aromatic heterocycles. The van der Waals surface area contributed by atoms with Crippen molar-refractivity contribution in [2.75, 3.05) is 11.9 Å². The molecular weight excluding hydrogens is 544 g/mol. The molecule has 43 heavy (non-hydrogen) atoms. The number of hydrogen-bond donors (Lipinski definition) is 3. The molecule has 0 radical (unpaired) electrons. The second kappa shape index (κ2) is 13.7. The topological polar surface area (TPSA) is 139 Å². The minimum atomic E-state index is -0.972. The molecule has 5 rings (SSSR count). The molecule has 0 spiro atoms. The van der Waals surface area contributed by atoms with Gasteiger partial charge in [0.05, 0.1) is 19.4 Å². The van der Waals surface area contributed by atoms with Gasteiger partial charge in [-0.1, -0.05) is 54.6 Å². The van der Waals surface area contributed by atoms with Crippen LogP contribution in [0.4, 0.5) is 5.69 Å². The van der Waals surface area contributed by atoms with Crippen LogP contribution >= 0.6 is 0 Å². The number of carbonyl (C=O) groups excluding carboxylic acids is 2. The number of carbonyl (C=O) groups is 3. The summed E-state index contributed by atoms with van der Waals surface area (Å²) in [5.74, 6) is -1.50. The van der Waals surface area contributed by atoms with Crippen LogP contribution in [0, 0.1) is 0 Å². The number of hydrogen-bond acceptors (Lipinski definition) is 6. The average Bonchev–Trinajstić information content (AvgIpc) is 3.47. The minimum Gasteiger partial charge on any atom is -0.481 e. The lowest BCUT2D eigenvalue weighted by molar-refractivity contribution is -0.136. The van der Waals surface area contributed by atoms with Crippen molar-refractivity contribution in [1.82, 2.24) is 25.5 Å². The van der Waals surface area contributed by atoms with Crippen LogP contribution in [0.25, 0.3) is 17.0 Å². The van der Waals surface area contributed by atoms with Gasteiger partial charge in [-0.15, -0.1) is 10.2 Å². The smallest absolute Gasteiger partial charge is 0.305 e. The molecule has 1 atom stereocenters. The molecule has 10 nitrogen and oxygen atoms in total. The van der Waals surface area contributed by atoms with Crippen molar-refractivity contribution in [3.63, 3.8) is 0 Å². The monoisotopic (exact) mass is 578 g/mol. The quantitative estimate of drug-likeness (QED) is 0.228. The highest BCUT2D eigenvalue weighted by molar-refractivity contribution is 5.97. The first-order valence-electron chi connectivity index (χ1n) is 14.4. The molecular formula is C33H34N6O4. The Morgan fingerprint density at radius 3 is 2.44 bits per heavy atom. The van der Waals surface area contributed by atoms with Gasteiger partial charge in [-0.2, -0.15) is 4.80 Å². The predicted octanol–water partition coefficient (Wildman–Crippen LogP) is 5.00. The van der Waals surface area contributed by atoms with Crippen LogP contribution in [0.1, 0.15) is 65.1 Å². The number of amides is 2. The summed E-state index contributed by atoms with van der Waals surface area (Å²) >= 11 is 0. The van der Waals surface area contributed by atoms with Gasteiger partial charge in [0.25, 0.3) is 5.91 Å². The Morgan fingerprint density at radius 2 is 1.77 bits per heavy atom. The summed E-state index contributed by atoms with van der Waals surface area (Å²) in [6.45, 7) is 0.0547. The number of nitrogens with zero attached hydrogens (tertiary/aromatic N) is 4. The highest BCUT2D eigenvalue weighted by Gasteiger charge is 2.23. The van der Waals surface area contributed by atoms with Gasteiger partial charge in [-0.3, -0.25) is 14.4 Å². The van der Waals surface area contributed by atoms with E-state index in [1.54, 1.807) is 19.2 Å². The van der Waals surface area contributed by atoms with E-state index in [0.717, 1.165) is 29.5 Å². The van der Waals surface area contributed by atoms with Crippen molar-refractivity contribution in [2.45, 2.75) is 44.4 Å². The van der Waals surface area contributed by atoms with Crippen molar-refractivity contribution in [3.05, 3.63) is 101 Å². The predicted molar refractivity (Wildman–Crippen MR) is 163 cm³/mol. The summed E-state index contributed by atoms with van der Waals surface area (Å²) in [4.78, 5) is 38.3. The first-order valence-corrected chi connectivity index (χ1v) is 14.4. The maximum absolute atomic E-state index is 13.8. The van der Waals surface area contributed by atoms with Crippen LogP contribution in [0.3, 0.4) is 0 Å². The SMILES string of the molecule is Cn1nnc(-c2cccc(NC(=O)C(Cc3ccc(C(=O)NCCC(=O)O)cc3)c3ccc(C4=CCCCC4)cc3)c2)n1. The van der Waals surface area contributed by atoms with E-state index < -0.39 is 11.9 Å². The summed E-state index contributed by atoms with van der Waals surface area (Å²) in [5, 5.41) is 26.7. The zero-order valence-corrected chi connectivity index (χ0v) is 24.0. The van der Waals surface area contributed by atoms with E-state index >= 15 is 0 Å². The van der Waals surface area contributed by atoms with E-state index in [2.05, 4.69) is 44.3 Å². The van der Waals surface area contributed by atoms with Crippen molar-refractivity contribution in [1.29, 1.82) is 0 Å². The Balaban J connectivity index is 1.36. The zero-order chi connectivity index (χ0) is 30.2. The number of tetrazole rings is 1. The fourth-order valence-electron chi connectivity index (χ4n) is 5.17. The summed E-state index contributed by atoms with van der Waals surface area (Å²) in [5.41, 5.74) is 6.10. The second-order valence-electron chi connectivity index (χ2n) is 10.6. The number of benzene rings is 3. The fraction of sp³-hybridized carbons (Fsp3) is 0.273. The van der Waals surface area contributed by atoms with Gasteiger partial charge in [0.15, 0.2) is 0 Å². The first kappa shape index (κ1) is 29.4. The highest BCUT2D eigenvalue weighted by atomic mass is 16.4. The van der Waals surface area contributed by atoms with Crippen molar-refractivity contribution >= 4 is 29.0 Å². The van der Waals surface area contributed by atoms with Gasteiger partial charge < -0.3 is 15.7 Å². The van der Waals surface area contributed by atoms with Crippen LogP contribution in [0.2, 0.25) is 0 Å². The molecule has 220 valence electrons. The lowest BCUT2D eigenvalue weighted by Gasteiger charge is -2.19. The Hall–Kier alpha value is -5.12. The van der Waals surface area contributed by atoms with Crippen molar-refractivity contribution in [2.24, 2.45) is 7.05 Å². The first-order chi connectivity index (χ1) is 20.9. The van der Waals surface area contributed by atoms with Gasteiger partial charge in [0.2, 0.25) is 11.7 Å². The molecule has 1 heterocycles. The molecule has 0 saturated heterocycles. The summed E-state index contributed by atoms with van der Waals surface area (Å²) < 4.78 is 0. The Morgan fingerprint density at radius 1 is 0.977 bits per heavy atom. The summed E-state index contributed by atoms with van der Waals surface area (Å²) in [6, 6.07) is 22.6. The Bertz CT molecular complexity index is 1630. The number of allylic oxidation sites excluding steroid dienone is 2. The van der Waals surface area contributed by atoms with Gasteiger partial charge in [0.1, 0.15) is 0 Å². The van der Waals surface area contributed by atoms with Gasteiger partial charge in [-0.05, 0) is 83.8 Å². The standard InChI is InChI=1S/C33H34N6O4/c1-39-37-31(36-38-39)27-8-5-9-28(21-27)35-33(43)29(25-16-14-24(15-17-25)23-6-3-2-4-7-23)20-22-10-12-26(13-11-22)32(42)34-19-18-30(40)41/h5-6,8-17,21,29H,2-4,7,18-20H2,1H3,(H,34,42)(H,35,43)(H,40,41). The molecule has 1 aliphatic carbocycles. The number of rotatable bonds is 11. The van der Waals surface area contributed by atoms with Gasteiger partial charge >= 0.3 is 5.97 Å². The lowest BCUT2D eigenvalue weighted by atomic mass is 9.88. The molecule has 2 amide bonds. The van der Waals surface area contributed by atoms with E-state index in [-0.39, 0.29) is 24.8 Å². The largest absolute Gasteiger partial charge is 0.481 e. The lowest BCUT2D eigenvalue weighted by Crippen LogP contribution is -2.26. The average molecular weight is 579 g/mol. The second-order valence-corrected chi connectivity index (χ2v) is 10.6. The number of carboxylic acid groups (broad SMARTS) is 1. The number of nitrogens with one attached hydrogen (secondary N) is 2. The van der Waals surface area contributed by atoms with E-state index in [9.17, 15) is 14.4 Å². The molecule has 0 saturated carbocycles. The van der Waals surface area contributed by atoms with E-state index in [4.69, 9.17) is 5.11 Å². The highest BCUT2D eigenvalue weighted by Crippen LogP contribution is 2.30. The summed E-state index contributed by atoms with van der Waals surface area (Å²) in [6.07, 6.45) is 7.15. The third-order valence-electron chi connectivity index (χ3n) is 7.47. The molecule has 4 aromatic rings. The Labute approximate surface area is 249 Å². The third-order valence-corrected chi connectivity index (χ3v) is 7.47. The van der Waals surface area contributed by atoms with Gasteiger partial charge in [-0.25, -0.2) is 0 Å². The molecule has 3 aromatic carbocycles. The molecule has 10 heteroatoms. The Kier molecular flexibility index (Phi) is 9.36. The molecule has 0 fully saturated rings. The zero-order valence-electron chi connectivity index (χ0n) is 24.0. The van der Waals surface area contributed by atoms with Gasteiger partial charge in [0, 0.05) is 23.4 Å². The molecule has 1 aliphatic rings. The summed E-state index contributed by atoms with van der Waals surface area (Å²) in [7, 11) is 1.70. The number of anilines is 1. The van der Waals surface area contributed by atoms with E-state index in [1.807, 2.05) is 48.5 Å². The maximum Gasteiger partial charge on any atom is 0.305 e. The number of aliphatic carboxylic acids is 1. The van der Waals surface area contributed by atoms with Crippen molar-refractivity contribution in [3.8, 4) is 11.4 Å². The van der Waals surface area contributed by atoms with E-state index in [1.165, 1.54) is 28.8 Å². The normalized spacial score (nSPS) is 13.6. The number of aromatic nitrogens is 4. The van der Waals surface area contributed by atoms with Crippen molar-refractivity contribution < 1.29 is 19.5 Å². The number of carboxylic acids is 1. The van der Waals surface area contributed by atoms with Crippen LogP contribution in [0.15, 0.2) is 78.9 Å². The van der Waals surface area contributed by atoms with Crippen LogP contribution in [-0.2, 0) is 23.1 Å². The van der Waals surface area contributed by atoms with Crippen LogP contribution < -0.4 is 10.6 Å². The third kappa shape index (κ3) is 7.79. The molecule has 0 aliphatic heterocycles. The molecule has 3 N–H and O–H groups in total. The van der Waals surface area contributed by atoms with E-state index in [0.29, 0.717) is 23.5 Å². The number of aryl methyl sites for hydroxylation is 1. The minimum absolute atomic E-state index is 0.0547. The maximum atomic E-state index is 13.8. The molecule has 1 unspecified atom stereocenters. The molecule has 0 bridgehead atoms. The van der Waals surface area contributed by atoms with Crippen LogP contribution in [-0.4, -0.2) is 49.6 Å². The van der Waals surface area contributed by atoms with Crippen LogP contribution in [0.5, 0.6) is 0 Å².